The van der Waals surface area contributed by atoms with Gasteiger partial charge in [-0.1, -0.05) is 6.07 Å². The molecule has 0 aromatic carbocycles. The molecule has 1 atom stereocenters. The molecule has 0 aliphatic heterocycles. The monoisotopic (exact) mass is 237 g/mol. The minimum atomic E-state index is 0.298. The Morgan fingerprint density at radius 3 is 2.88 bits per heavy atom. The lowest BCUT2D eigenvalue weighted by molar-refractivity contribution is 0.161. The first-order valence-corrected chi connectivity index (χ1v) is 6.06. The molecule has 0 radical (unpaired) electrons. The number of nitrogens with zero attached hydrogens (tertiary/aromatic N) is 2. The van der Waals surface area contributed by atoms with Gasteiger partial charge in [-0.3, -0.25) is 4.98 Å². The standard InChI is InChI=1S/C13H23N3O/c1-12(13-6-4-5-7-15-13)14-8-9-16(2)10-11-17-3/h4-7,12,14H,8-11H2,1-3H3. The number of aromatic nitrogens is 1. The van der Waals surface area contributed by atoms with Gasteiger partial charge in [0.1, 0.15) is 0 Å². The molecule has 1 unspecified atom stereocenters. The molecule has 0 fully saturated rings. The van der Waals surface area contributed by atoms with E-state index in [2.05, 4.69) is 29.2 Å². The van der Waals surface area contributed by atoms with E-state index in [1.165, 1.54) is 0 Å². The van der Waals surface area contributed by atoms with Crippen LogP contribution in [0.15, 0.2) is 24.4 Å². The van der Waals surface area contributed by atoms with Crippen LogP contribution in [-0.2, 0) is 4.74 Å². The van der Waals surface area contributed by atoms with Crippen LogP contribution in [0.2, 0.25) is 0 Å². The van der Waals surface area contributed by atoms with Crippen molar-refractivity contribution in [2.75, 3.05) is 40.4 Å². The Kier molecular flexibility index (Phi) is 6.77. The van der Waals surface area contributed by atoms with Gasteiger partial charge in [0, 0.05) is 39.0 Å². The Morgan fingerprint density at radius 2 is 2.24 bits per heavy atom. The predicted octanol–water partition coefficient (Wildman–Crippen LogP) is 1.31. The number of methoxy groups -OCH3 is 1. The van der Waals surface area contributed by atoms with E-state index in [1.807, 2.05) is 24.4 Å². The molecule has 0 aliphatic carbocycles. The number of hydrogen-bond donors (Lipinski definition) is 1. The lowest BCUT2D eigenvalue weighted by atomic mass is 10.2. The van der Waals surface area contributed by atoms with Gasteiger partial charge in [-0.25, -0.2) is 0 Å². The van der Waals surface area contributed by atoms with Crippen molar-refractivity contribution in [3.05, 3.63) is 30.1 Å². The highest BCUT2D eigenvalue weighted by atomic mass is 16.5. The fourth-order valence-electron chi connectivity index (χ4n) is 1.57. The summed E-state index contributed by atoms with van der Waals surface area (Å²) in [6.45, 7) is 5.86. The lowest BCUT2D eigenvalue weighted by Crippen LogP contribution is -2.32. The van der Waals surface area contributed by atoms with Crippen molar-refractivity contribution in [1.82, 2.24) is 15.2 Å². The molecule has 1 aromatic heterocycles. The quantitative estimate of drug-likeness (QED) is 0.740. The molecule has 4 heteroatoms. The normalized spacial score (nSPS) is 12.9. The van der Waals surface area contributed by atoms with Crippen LogP contribution in [-0.4, -0.2) is 50.3 Å². The highest BCUT2D eigenvalue weighted by Crippen LogP contribution is 2.06. The van der Waals surface area contributed by atoms with Gasteiger partial charge >= 0.3 is 0 Å². The number of pyridine rings is 1. The number of ether oxygens (including phenoxy) is 1. The fourth-order valence-corrected chi connectivity index (χ4v) is 1.57. The van der Waals surface area contributed by atoms with Gasteiger partial charge < -0.3 is 15.0 Å². The molecule has 1 heterocycles. The van der Waals surface area contributed by atoms with Crippen LogP contribution in [0.1, 0.15) is 18.7 Å². The van der Waals surface area contributed by atoms with Crippen LogP contribution in [0.4, 0.5) is 0 Å². The van der Waals surface area contributed by atoms with E-state index in [4.69, 9.17) is 4.74 Å². The molecule has 4 nitrogen and oxygen atoms in total. The number of likely N-dealkylation sites (N-methyl/N-ethyl adjacent to an activating group) is 1. The maximum absolute atomic E-state index is 5.04. The van der Waals surface area contributed by atoms with Gasteiger partial charge in [0.25, 0.3) is 0 Å². The Balaban J connectivity index is 2.18. The molecular formula is C13H23N3O. The molecule has 1 N–H and O–H groups in total. The van der Waals surface area contributed by atoms with E-state index in [0.717, 1.165) is 31.9 Å². The molecule has 0 spiro atoms. The topological polar surface area (TPSA) is 37.4 Å². The summed E-state index contributed by atoms with van der Waals surface area (Å²) in [4.78, 5) is 6.58. The highest BCUT2D eigenvalue weighted by Gasteiger charge is 2.05. The summed E-state index contributed by atoms with van der Waals surface area (Å²) in [5.41, 5.74) is 1.09. The first-order valence-electron chi connectivity index (χ1n) is 6.06. The molecular weight excluding hydrogens is 214 g/mol. The second kappa shape index (κ2) is 8.17. The van der Waals surface area contributed by atoms with E-state index < -0.39 is 0 Å². The summed E-state index contributed by atoms with van der Waals surface area (Å²) >= 11 is 0. The van der Waals surface area contributed by atoms with Gasteiger partial charge in [-0.05, 0) is 26.1 Å². The van der Waals surface area contributed by atoms with E-state index in [9.17, 15) is 0 Å². The highest BCUT2D eigenvalue weighted by molar-refractivity contribution is 5.07. The minimum absolute atomic E-state index is 0.298. The van der Waals surface area contributed by atoms with Crippen LogP contribution in [0.25, 0.3) is 0 Å². The maximum atomic E-state index is 5.04. The van der Waals surface area contributed by atoms with E-state index >= 15 is 0 Å². The van der Waals surface area contributed by atoms with E-state index in [-0.39, 0.29) is 0 Å². The summed E-state index contributed by atoms with van der Waals surface area (Å²) in [6.07, 6.45) is 1.83. The average molecular weight is 237 g/mol. The Hall–Kier alpha value is -0.970. The lowest BCUT2D eigenvalue weighted by Gasteiger charge is -2.18. The molecule has 1 aromatic rings. The van der Waals surface area contributed by atoms with Gasteiger partial charge in [0.05, 0.1) is 12.3 Å². The number of hydrogen-bond acceptors (Lipinski definition) is 4. The minimum Gasteiger partial charge on any atom is -0.383 e. The summed E-state index contributed by atoms with van der Waals surface area (Å²) < 4.78 is 5.04. The zero-order chi connectivity index (χ0) is 12.5. The fraction of sp³-hybridized carbons (Fsp3) is 0.615. The first kappa shape index (κ1) is 14.1. The summed E-state index contributed by atoms with van der Waals surface area (Å²) in [7, 11) is 3.83. The first-order chi connectivity index (χ1) is 8.24. The Morgan fingerprint density at radius 1 is 1.41 bits per heavy atom. The second-order valence-electron chi connectivity index (χ2n) is 4.23. The molecule has 0 bridgehead atoms. The SMILES string of the molecule is COCCN(C)CCNC(C)c1ccccn1. The third-order valence-electron chi connectivity index (χ3n) is 2.75. The van der Waals surface area contributed by atoms with Crippen LogP contribution in [0.5, 0.6) is 0 Å². The molecule has 0 saturated heterocycles. The molecule has 0 amide bonds. The van der Waals surface area contributed by atoms with Gasteiger partial charge in [-0.2, -0.15) is 0 Å². The molecule has 96 valence electrons. The summed E-state index contributed by atoms with van der Waals surface area (Å²) in [5, 5.41) is 3.46. The van der Waals surface area contributed by atoms with Crippen molar-refractivity contribution in [2.24, 2.45) is 0 Å². The molecule has 1 rings (SSSR count). The molecule has 0 aliphatic rings. The molecule has 17 heavy (non-hydrogen) atoms. The van der Waals surface area contributed by atoms with E-state index in [1.54, 1.807) is 7.11 Å². The number of rotatable bonds is 8. The van der Waals surface area contributed by atoms with E-state index in [0.29, 0.717) is 6.04 Å². The third kappa shape index (κ3) is 5.77. The average Bonchev–Trinajstić information content (AvgIpc) is 2.37. The second-order valence-corrected chi connectivity index (χ2v) is 4.23. The van der Waals surface area contributed by atoms with Crippen molar-refractivity contribution < 1.29 is 4.74 Å². The largest absolute Gasteiger partial charge is 0.383 e. The third-order valence-corrected chi connectivity index (χ3v) is 2.75. The smallest absolute Gasteiger partial charge is 0.0589 e. The van der Waals surface area contributed by atoms with Crippen LogP contribution in [0.3, 0.4) is 0 Å². The van der Waals surface area contributed by atoms with Crippen LogP contribution in [0, 0.1) is 0 Å². The zero-order valence-electron chi connectivity index (χ0n) is 11.0. The number of nitrogens with one attached hydrogen (secondary N) is 1. The predicted molar refractivity (Wildman–Crippen MR) is 70.0 cm³/mol. The molecule has 0 saturated carbocycles. The Bertz CT molecular complexity index is 292. The summed E-state index contributed by atoms with van der Waals surface area (Å²) in [6, 6.07) is 6.30. The van der Waals surface area contributed by atoms with Crippen molar-refractivity contribution in [1.29, 1.82) is 0 Å². The van der Waals surface area contributed by atoms with Crippen LogP contribution < -0.4 is 5.32 Å². The van der Waals surface area contributed by atoms with Crippen LogP contribution >= 0.6 is 0 Å². The van der Waals surface area contributed by atoms with Crippen molar-refractivity contribution in [3.8, 4) is 0 Å². The summed E-state index contributed by atoms with van der Waals surface area (Å²) in [5.74, 6) is 0. The van der Waals surface area contributed by atoms with Gasteiger partial charge in [0.2, 0.25) is 0 Å². The van der Waals surface area contributed by atoms with Gasteiger partial charge in [0.15, 0.2) is 0 Å². The van der Waals surface area contributed by atoms with Crippen molar-refractivity contribution in [2.45, 2.75) is 13.0 Å². The Labute approximate surface area is 104 Å². The van der Waals surface area contributed by atoms with Crippen molar-refractivity contribution in [3.63, 3.8) is 0 Å². The van der Waals surface area contributed by atoms with Gasteiger partial charge in [-0.15, -0.1) is 0 Å². The van der Waals surface area contributed by atoms with Crippen molar-refractivity contribution >= 4 is 0 Å². The zero-order valence-corrected chi connectivity index (χ0v) is 11.0. The maximum Gasteiger partial charge on any atom is 0.0589 e.